The fraction of sp³-hybridized carbons (Fsp3) is 0.621. The molecule has 11 nitrogen and oxygen atoms in total. The molecule has 1 saturated carbocycles. The lowest BCUT2D eigenvalue weighted by Crippen LogP contribution is -2.67. The highest BCUT2D eigenvalue weighted by Crippen LogP contribution is 2.30. The van der Waals surface area contributed by atoms with Gasteiger partial charge < -0.3 is 20.9 Å². The van der Waals surface area contributed by atoms with E-state index in [1.807, 2.05) is 30.3 Å². The molecule has 5 N–H and O–H groups in total. The van der Waals surface area contributed by atoms with Crippen LogP contribution in [0.4, 0.5) is 0 Å². The first-order valence-electron chi connectivity index (χ1n) is 14.5. The molecule has 0 aromatic heterocycles. The third-order valence-electron chi connectivity index (χ3n) is 8.38. The zero-order chi connectivity index (χ0) is 28.5. The van der Waals surface area contributed by atoms with Gasteiger partial charge in [-0.2, -0.15) is 0 Å². The molecule has 3 fully saturated rings. The second-order valence-electron chi connectivity index (χ2n) is 11.2. The van der Waals surface area contributed by atoms with E-state index < -0.39 is 35.5 Å². The van der Waals surface area contributed by atoms with E-state index in [9.17, 15) is 24.0 Å². The zero-order valence-electron chi connectivity index (χ0n) is 23.0. The monoisotopic (exact) mass is 555 g/mol. The van der Waals surface area contributed by atoms with Crippen molar-refractivity contribution in [2.24, 2.45) is 0 Å². The molecule has 1 aliphatic carbocycles. The lowest BCUT2D eigenvalue weighted by atomic mass is 9.80. The fourth-order valence-corrected chi connectivity index (χ4v) is 6.14. The highest BCUT2D eigenvalue weighted by Gasteiger charge is 2.46. The number of nitrogens with one attached hydrogen (secondary N) is 4. The predicted octanol–water partition coefficient (Wildman–Crippen LogP) is 1.48. The van der Waals surface area contributed by atoms with Crippen molar-refractivity contribution >= 4 is 29.5 Å². The minimum Gasteiger partial charge on any atom is -0.343 e. The SMILES string of the molecule is O=C(CCCCC[C@@H]1NC(=O)[C@H]2CCCN2C(=O)[C@H](Cc2ccccc2)NC(=O)C2(CCCCC2)NC1=O)NO. The van der Waals surface area contributed by atoms with Gasteiger partial charge in [-0.25, -0.2) is 5.48 Å². The number of carbonyl (C=O) groups excluding carboxylic acids is 5. The van der Waals surface area contributed by atoms with Crippen molar-refractivity contribution in [3.05, 3.63) is 35.9 Å². The van der Waals surface area contributed by atoms with Crippen LogP contribution in [0.25, 0.3) is 0 Å². The second kappa shape index (κ2) is 13.7. The summed E-state index contributed by atoms with van der Waals surface area (Å²) in [5.74, 6) is -1.89. The molecule has 1 aromatic carbocycles. The van der Waals surface area contributed by atoms with Crippen molar-refractivity contribution in [2.45, 2.75) is 107 Å². The van der Waals surface area contributed by atoms with Gasteiger partial charge in [-0.05, 0) is 44.1 Å². The number of unbranched alkanes of at least 4 members (excludes halogenated alkanes) is 2. The van der Waals surface area contributed by atoms with Crippen LogP contribution in [0, 0.1) is 0 Å². The van der Waals surface area contributed by atoms with Crippen molar-refractivity contribution in [3.63, 3.8) is 0 Å². The number of carbonyl (C=O) groups is 5. The fourth-order valence-electron chi connectivity index (χ4n) is 6.14. The van der Waals surface area contributed by atoms with Crippen molar-refractivity contribution in [2.75, 3.05) is 6.54 Å². The Labute approximate surface area is 234 Å². The van der Waals surface area contributed by atoms with Crippen LogP contribution in [0.2, 0.25) is 0 Å². The summed E-state index contributed by atoms with van der Waals surface area (Å²) < 4.78 is 0. The van der Waals surface area contributed by atoms with Gasteiger partial charge in [0.1, 0.15) is 23.7 Å². The van der Waals surface area contributed by atoms with Gasteiger partial charge in [0, 0.05) is 19.4 Å². The molecule has 11 heteroatoms. The Hall–Kier alpha value is -3.47. The van der Waals surface area contributed by atoms with E-state index in [4.69, 9.17) is 5.21 Å². The molecule has 2 aliphatic heterocycles. The minimum atomic E-state index is -1.16. The maximum absolute atomic E-state index is 13.9. The summed E-state index contributed by atoms with van der Waals surface area (Å²) >= 11 is 0. The molecule has 218 valence electrons. The topological polar surface area (TPSA) is 157 Å². The molecule has 4 rings (SSSR count). The minimum absolute atomic E-state index is 0.159. The Bertz CT molecular complexity index is 1070. The van der Waals surface area contributed by atoms with Crippen molar-refractivity contribution < 1.29 is 29.2 Å². The summed E-state index contributed by atoms with van der Waals surface area (Å²) in [6.07, 6.45) is 7.02. The first kappa shape index (κ1) is 29.5. The Balaban J connectivity index is 1.59. The molecule has 2 saturated heterocycles. The molecule has 1 spiro atoms. The Kier molecular flexibility index (Phi) is 10.1. The molecule has 0 unspecified atom stereocenters. The average molecular weight is 556 g/mol. The van der Waals surface area contributed by atoms with Crippen LogP contribution in [-0.4, -0.2) is 69.9 Å². The van der Waals surface area contributed by atoms with E-state index in [1.165, 1.54) is 0 Å². The second-order valence-corrected chi connectivity index (χ2v) is 11.2. The van der Waals surface area contributed by atoms with E-state index in [1.54, 1.807) is 10.4 Å². The molecule has 0 bridgehead atoms. The van der Waals surface area contributed by atoms with Gasteiger partial charge in [-0.15, -0.1) is 0 Å². The number of amides is 5. The van der Waals surface area contributed by atoms with Crippen LogP contribution in [0.5, 0.6) is 0 Å². The molecular weight excluding hydrogens is 514 g/mol. The van der Waals surface area contributed by atoms with Gasteiger partial charge in [0.05, 0.1) is 0 Å². The van der Waals surface area contributed by atoms with Crippen LogP contribution >= 0.6 is 0 Å². The Morgan fingerprint density at radius 1 is 0.925 bits per heavy atom. The van der Waals surface area contributed by atoms with Gasteiger partial charge in [-0.3, -0.25) is 29.2 Å². The van der Waals surface area contributed by atoms with E-state index in [0.717, 1.165) is 24.8 Å². The highest BCUT2D eigenvalue weighted by molar-refractivity contribution is 5.99. The van der Waals surface area contributed by atoms with E-state index in [2.05, 4.69) is 16.0 Å². The van der Waals surface area contributed by atoms with Gasteiger partial charge in [-0.1, -0.05) is 62.4 Å². The van der Waals surface area contributed by atoms with Crippen LogP contribution in [-0.2, 0) is 30.4 Å². The lowest BCUT2D eigenvalue weighted by Gasteiger charge is -2.40. The standard InChI is InChI=1S/C29H41N5O6/c35-24(33-40)15-7-2-6-13-21-25(36)32-29(16-8-3-9-17-29)28(39)31-22(19-20-11-4-1-5-12-20)27(38)34-18-10-14-23(34)26(37)30-21/h1,4-5,11-12,21-23,40H,2-3,6-10,13-19H2,(H,30,37)(H,31,39)(H,32,36)(H,33,35)/t21-,22-,23+/m0/s1. The third-order valence-corrected chi connectivity index (χ3v) is 8.38. The molecule has 5 amide bonds. The van der Waals surface area contributed by atoms with E-state index >= 15 is 0 Å². The van der Waals surface area contributed by atoms with Crippen molar-refractivity contribution in [3.8, 4) is 0 Å². The highest BCUT2D eigenvalue weighted by atomic mass is 16.5. The zero-order valence-corrected chi connectivity index (χ0v) is 23.0. The number of rotatable bonds is 8. The number of hydrogen-bond donors (Lipinski definition) is 5. The molecule has 40 heavy (non-hydrogen) atoms. The van der Waals surface area contributed by atoms with Gasteiger partial charge >= 0.3 is 0 Å². The van der Waals surface area contributed by atoms with Crippen LogP contribution in [0.15, 0.2) is 30.3 Å². The Morgan fingerprint density at radius 2 is 1.68 bits per heavy atom. The van der Waals surface area contributed by atoms with Crippen molar-refractivity contribution in [1.29, 1.82) is 0 Å². The summed E-state index contributed by atoms with van der Waals surface area (Å²) in [4.78, 5) is 67.8. The normalized spacial score (nSPS) is 25.2. The van der Waals surface area contributed by atoms with Crippen molar-refractivity contribution in [1.82, 2.24) is 26.3 Å². The number of fused-ring (bicyclic) bond motifs is 1. The molecule has 3 atom stereocenters. The maximum atomic E-state index is 13.9. The predicted molar refractivity (Wildman–Crippen MR) is 146 cm³/mol. The molecule has 3 aliphatic rings. The van der Waals surface area contributed by atoms with Crippen LogP contribution in [0.1, 0.15) is 82.6 Å². The smallest absolute Gasteiger partial charge is 0.246 e. The summed E-state index contributed by atoms with van der Waals surface area (Å²) in [5, 5.41) is 17.6. The summed E-state index contributed by atoms with van der Waals surface area (Å²) in [6.45, 7) is 0.410. The molecule has 0 radical (unpaired) electrons. The van der Waals surface area contributed by atoms with Gasteiger partial charge in [0.25, 0.3) is 0 Å². The lowest BCUT2D eigenvalue weighted by molar-refractivity contribution is -0.145. The molecule has 1 aromatic rings. The molecular formula is C29H41N5O6. The largest absolute Gasteiger partial charge is 0.343 e. The van der Waals surface area contributed by atoms with E-state index in [-0.39, 0.29) is 30.6 Å². The number of hydroxylamine groups is 1. The first-order chi connectivity index (χ1) is 19.3. The average Bonchev–Trinajstić information content (AvgIpc) is 3.46. The number of nitrogens with zero attached hydrogens (tertiary/aromatic N) is 1. The maximum Gasteiger partial charge on any atom is 0.246 e. The van der Waals surface area contributed by atoms with E-state index in [0.29, 0.717) is 57.9 Å². The summed E-state index contributed by atoms with van der Waals surface area (Å²) in [5.41, 5.74) is 1.34. The summed E-state index contributed by atoms with van der Waals surface area (Å²) in [7, 11) is 0. The van der Waals surface area contributed by atoms with Crippen LogP contribution < -0.4 is 21.4 Å². The molecule has 2 heterocycles. The summed E-state index contributed by atoms with van der Waals surface area (Å²) in [6, 6.07) is 7.02. The first-order valence-corrected chi connectivity index (χ1v) is 14.5. The quantitative estimate of drug-likeness (QED) is 0.186. The number of hydrogen-bond acceptors (Lipinski definition) is 6. The van der Waals surface area contributed by atoms with Gasteiger partial charge in [0.2, 0.25) is 29.5 Å². The van der Waals surface area contributed by atoms with Crippen LogP contribution in [0.3, 0.4) is 0 Å². The van der Waals surface area contributed by atoms with Gasteiger partial charge in [0.15, 0.2) is 0 Å². The third kappa shape index (κ3) is 7.18. The number of benzene rings is 1. The Morgan fingerprint density at radius 3 is 2.40 bits per heavy atom.